The van der Waals surface area contributed by atoms with Crippen molar-refractivity contribution in [3.63, 3.8) is 0 Å². The van der Waals surface area contributed by atoms with Crippen LogP contribution in [0.4, 0.5) is 0 Å². The molecule has 3 fully saturated rings. The van der Waals surface area contributed by atoms with Gasteiger partial charge < -0.3 is 14.7 Å². The van der Waals surface area contributed by atoms with Gasteiger partial charge in [-0.2, -0.15) is 0 Å². The van der Waals surface area contributed by atoms with Crippen LogP contribution in [-0.4, -0.2) is 97.6 Å². The molecule has 3 aliphatic rings. The number of hydrogen-bond acceptors (Lipinski definition) is 4. The summed E-state index contributed by atoms with van der Waals surface area (Å²) in [5, 5.41) is 0. The summed E-state index contributed by atoms with van der Waals surface area (Å²) in [6.07, 6.45) is 5.49. The topological polar surface area (TPSA) is 13.0 Å². The zero-order valence-electron chi connectivity index (χ0n) is 15.6. The van der Waals surface area contributed by atoms with Crippen LogP contribution in [0.3, 0.4) is 0 Å². The van der Waals surface area contributed by atoms with Gasteiger partial charge in [0, 0.05) is 51.9 Å². The Labute approximate surface area is 143 Å². The van der Waals surface area contributed by atoms with Crippen molar-refractivity contribution in [3.05, 3.63) is 0 Å². The summed E-state index contributed by atoms with van der Waals surface area (Å²) in [4.78, 5) is 10.8. The van der Waals surface area contributed by atoms with Gasteiger partial charge in [0.15, 0.2) is 0 Å². The first-order valence-electron chi connectivity index (χ1n) is 10.2. The molecule has 0 atom stereocenters. The van der Waals surface area contributed by atoms with Gasteiger partial charge in [0.05, 0.1) is 0 Å². The molecule has 3 heterocycles. The highest BCUT2D eigenvalue weighted by Gasteiger charge is 2.31. The summed E-state index contributed by atoms with van der Waals surface area (Å²) >= 11 is 0. The molecule has 3 aliphatic heterocycles. The van der Waals surface area contributed by atoms with Gasteiger partial charge in [-0.3, -0.25) is 4.90 Å². The lowest BCUT2D eigenvalue weighted by atomic mass is 9.98. The van der Waals surface area contributed by atoms with Crippen molar-refractivity contribution in [2.45, 2.75) is 45.6 Å². The van der Waals surface area contributed by atoms with Crippen LogP contribution < -0.4 is 0 Å². The SMILES string of the molecule is CCCCN1CC(CN2CCN(C3CCN(CC)CC3)CC2)C1. The summed E-state index contributed by atoms with van der Waals surface area (Å²) in [7, 11) is 0. The van der Waals surface area contributed by atoms with E-state index in [9.17, 15) is 0 Å². The summed E-state index contributed by atoms with van der Waals surface area (Å²) in [5.41, 5.74) is 0. The Hall–Kier alpha value is -0.160. The number of piperidine rings is 1. The van der Waals surface area contributed by atoms with Crippen LogP contribution in [0, 0.1) is 5.92 Å². The lowest BCUT2D eigenvalue weighted by Crippen LogP contribution is -2.57. The molecule has 0 bridgehead atoms. The van der Waals surface area contributed by atoms with E-state index in [1.54, 1.807) is 0 Å². The number of unbranched alkanes of at least 4 members (excludes halogenated alkanes) is 1. The second-order valence-electron chi connectivity index (χ2n) is 7.98. The normalized spacial score (nSPS) is 27.4. The number of likely N-dealkylation sites (tertiary alicyclic amines) is 2. The number of piperazine rings is 1. The van der Waals surface area contributed by atoms with Gasteiger partial charge in [-0.25, -0.2) is 0 Å². The zero-order valence-corrected chi connectivity index (χ0v) is 15.6. The van der Waals surface area contributed by atoms with Crippen molar-refractivity contribution >= 4 is 0 Å². The quantitative estimate of drug-likeness (QED) is 0.709. The molecule has 0 aliphatic carbocycles. The average molecular weight is 323 g/mol. The Morgan fingerprint density at radius 1 is 0.783 bits per heavy atom. The molecule has 0 aromatic carbocycles. The third-order valence-electron chi connectivity index (χ3n) is 6.30. The van der Waals surface area contributed by atoms with Gasteiger partial charge in [-0.15, -0.1) is 0 Å². The second-order valence-corrected chi connectivity index (χ2v) is 7.98. The highest BCUT2D eigenvalue weighted by atomic mass is 15.3. The van der Waals surface area contributed by atoms with Gasteiger partial charge in [0.1, 0.15) is 0 Å². The Kier molecular flexibility index (Phi) is 6.75. The van der Waals surface area contributed by atoms with Gasteiger partial charge in [0.25, 0.3) is 0 Å². The molecule has 134 valence electrons. The molecule has 3 rings (SSSR count). The Balaban J connectivity index is 1.29. The fraction of sp³-hybridized carbons (Fsp3) is 1.00. The highest BCUT2D eigenvalue weighted by molar-refractivity contribution is 4.86. The molecule has 0 spiro atoms. The molecule has 23 heavy (non-hydrogen) atoms. The number of rotatable bonds is 7. The van der Waals surface area contributed by atoms with Crippen molar-refractivity contribution in [1.82, 2.24) is 19.6 Å². The minimum Gasteiger partial charge on any atom is -0.303 e. The van der Waals surface area contributed by atoms with Gasteiger partial charge in [-0.05, 0) is 51.4 Å². The maximum absolute atomic E-state index is 2.79. The first kappa shape index (κ1) is 17.7. The van der Waals surface area contributed by atoms with E-state index < -0.39 is 0 Å². The van der Waals surface area contributed by atoms with E-state index in [0.717, 1.165) is 12.0 Å². The first-order valence-corrected chi connectivity index (χ1v) is 10.2. The molecule has 0 N–H and O–H groups in total. The molecule has 4 heteroatoms. The van der Waals surface area contributed by atoms with E-state index in [1.807, 2.05) is 0 Å². The largest absolute Gasteiger partial charge is 0.303 e. The Morgan fingerprint density at radius 3 is 2.09 bits per heavy atom. The maximum atomic E-state index is 2.79. The third-order valence-corrected chi connectivity index (χ3v) is 6.30. The zero-order chi connectivity index (χ0) is 16.1. The van der Waals surface area contributed by atoms with Crippen molar-refractivity contribution in [2.75, 3.05) is 72.0 Å². The summed E-state index contributed by atoms with van der Waals surface area (Å²) < 4.78 is 0. The lowest BCUT2D eigenvalue weighted by molar-refractivity contribution is 0.0261. The predicted molar refractivity (Wildman–Crippen MR) is 98.0 cm³/mol. The van der Waals surface area contributed by atoms with Crippen LogP contribution in [0.25, 0.3) is 0 Å². The van der Waals surface area contributed by atoms with Crippen LogP contribution in [0.15, 0.2) is 0 Å². The molecular formula is C19H38N4. The molecule has 0 radical (unpaired) electrons. The van der Waals surface area contributed by atoms with Crippen LogP contribution in [0.1, 0.15) is 39.5 Å². The van der Waals surface area contributed by atoms with Crippen LogP contribution in [0.5, 0.6) is 0 Å². The van der Waals surface area contributed by atoms with E-state index in [1.165, 1.54) is 97.7 Å². The minimum absolute atomic E-state index is 0.869. The second kappa shape index (κ2) is 8.80. The Morgan fingerprint density at radius 2 is 1.48 bits per heavy atom. The summed E-state index contributed by atoms with van der Waals surface area (Å²) in [6, 6.07) is 0.869. The first-order chi connectivity index (χ1) is 11.3. The molecule has 0 amide bonds. The maximum Gasteiger partial charge on any atom is 0.0121 e. The molecule has 4 nitrogen and oxygen atoms in total. The van der Waals surface area contributed by atoms with Crippen molar-refractivity contribution in [3.8, 4) is 0 Å². The highest BCUT2D eigenvalue weighted by Crippen LogP contribution is 2.21. The molecule has 3 saturated heterocycles. The summed E-state index contributed by atoms with van der Waals surface area (Å²) in [5.74, 6) is 0.950. The lowest BCUT2D eigenvalue weighted by Gasteiger charge is -2.46. The van der Waals surface area contributed by atoms with Crippen LogP contribution in [0.2, 0.25) is 0 Å². The van der Waals surface area contributed by atoms with Gasteiger partial charge >= 0.3 is 0 Å². The van der Waals surface area contributed by atoms with Gasteiger partial charge in [0.2, 0.25) is 0 Å². The molecule has 0 aromatic rings. The fourth-order valence-corrected chi connectivity index (χ4v) is 4.63. The smallest absolute Gasteiger partial charge is 0.0121 e. The molecule has 0 aromatic heterocycles. The third kappa shape index (κ3) is 4.91. The average Bonchev–Trinajstić information content (AvgIpc) is 2.57. The van der Waals surface area contributed by atoms with Crippen molar-refractivity contribution in [2.24, 2.45) is 5.92 Å². The van der Waals surface area contributed by atoms with Crippen LogP contribution >= 0.6 is 0 Å². The van der Waals surface area contributed by atoms with E-state index in [4.69, 9.17) is 0 Å². The summed E-state index contributed by atoms with van der Waals surface area (Å²) in [6.45, 7) is 19.1. The van der Waals surface area contributed by atoms with E-state index in [2.05, 4.69) is 33.4 Å². The van der Waals surface area contributed by atoms with Crippen LogP contribution in [-0.2, 0) is 0 Å². The van der Waals surface area contributed by atoms with Crippen molar-refractivity contribution < 1.29 is 0 Å². The molecule has 0 unspecified atom stereocenters. The minimum atomic E-state index is 0.869. The fourth-order valence-electron chi connectivity index (χ4n) is 4.63. The molecule has 0 saturated carbocycles. The monoisotopic (exact) mass is 322 g/mol. The predicted octanol–water partition coefficient (Wildman–Crippen LogP) is 1.82. The van der Waals surface area contributed by atoms with E-state index in [-0.39, 0.29) is 0 Å². The van der Waals surface area contributed by atoms with Crippen molar-refractivity contribution in [1.29, 1.82) is 0 Å². The molecular weight excluding hydrogens is 284 g/mol. The Bertz CT molecular complexity index is 326. The number of nitrogens with zero attached hydrogens (tertiary/aromatic N) is 4. The standard InChI is InChI=1S/C19H38N4/c1-3-5-8-22-16-18(17-22)15-21-11-13-23(14-12-21)19-6-9-20(4-2)10-7-19/h18-19H,3-17H2,1-2H3. The van der Waals surface area contributed by atoms with E-state index in [0.29, 0.717) is 0 Å². The van der Waals surface area contributed by atoms with E-state index >= 15 is 0 Å². The number of hydrogen-bond donors (Lipinski definition) is 0. The van der Waals surface area contributed by atoms with Gasteiger partial charge in [-0.1, -0.05) is 20.3 Å².